The molecule has 0 bridgehead atoms. The Morgan fingerprint density at radius 3 is 2.43 bits per heavy atom. The molecule has 4 rings (SSSR count). The highest BCUT2D eigenvalue weighted by atomic mass is 35.5. The number of hydrogen-bond donors (Lipinski definition) is 0. The molecular weight excluding hydrogens is 460 g/mol. The minimum absolute atomic E-state index is 0.147. The van der Waals surface area contributed by atoms with Gasteiger partial charge in [-0.1, -0.05) is 29.8 Å². The van der Waals surface area contributed by atoms with E-state index in [1.54, 1.807) is 0 Å². The molecule has 2 saturated heterocycles. The number of pyridine rings is 1. The van der Waals surface area contributed by atoms with Crippen LogP contribution in [0.4, 0.5) is 5.82 Å². The zero-order valence-corrected chi connectivity index (χ0v) is 22.2. The Hall–Kier alpha value is -2.15. The number of piperidine rings is 1. The van der Waals surface area contributed by atoms with Crippen molar-refractivity contribution in [3.8, 4) is 0 Å². The molecule has 0 radical (unpaired) electrons. The molecule has 1 aromatic carbocycles. The Morgan fingerprint density at radius 2 is 1.80 bits per heavy atom. The molecule has 35 heavy (non-hydrogen) atoms. The van der Waals surface area contributed by atoms with Gasteiger partial charge in [-0.3, -0.25) is 14.6 Å². The Balaban J connectivity index is 1.46. The van der Waals surface area contributed by atoms with E-state index in [1.165, 1.54) is 5.56 Å². The maximum absolute atomic E-state index is 12.6. The van der Waals surface area contributed by atoms with Gasteiger partial charge in [0.05, 0.1) is 6.54 Å². The van der Waals surface area contributed by atoms with Gasteiger partial charge < -0.3 is 9.64 Å². The molecule has 0 N–H and O–H groups in total. The molecule has 0 saturated carbocycles. The van der Waals surface area contributed by atoms with Crippen LogP contribution in [-0.4, -0.2) is 77.2 Å². The van der Waals surface area contributed by atoms with Crippen LogP contribution in [0.25, 0.3) is 0 Å². The van der Waals surface area contributed by atoms with Gasteiger partial charge in [0.15, 0.2) is 0 Å². The third-order valence-electron chi connectivity index (χ3n) is 7.06. The van der Waals surface area contributed by atoms with Gasteiger partial charge in [-0.2, -0.15) is 0 Å². The number of anilines is 1. The van der Waals surface area contributed by atoms with E-state index < -0.39 is 5.60 Å². The summed E-state index contributed by atoms with van der Waals surface area (Å²) in [5, 5.41) is 0.760. The molecule has 3 heterocycles. The summed E-state index contributed by atoms with van der Waals surface area (Å²) >= 11 is 6.14. The van der Waals surface area contributed by atoms with Crippen molar-refractivity contribution < 1.29 is 9.53 Å². The van der Waals surface area contributed by atoms with Gasteiger partial charge in [-0.05, 0) is 76.8 Å². The maximum Gasteiger partial charge on any atom is 0.320 e. The molecule has 0 amide bonds. The molecule has 0 unspecified atom stereocenters. The van der Waals surface area contributed by atoms with Crippen LogP contribution in [0.15, 0.2) is 48.7 Å². The van der Waals surface area contributed by atoms with Crippen molar-refractivity contribution in [3.05, 3.63) is 59.2 Å². The summed E-state index contributed by atoms with van der Waals surface area (Å²) in [6.07, 6.45) is 5.04. The van der Waals surface area contributed by atoms with Crippen LogP contribution >= 0.6 is 11.6 Å². The highest BCUT2D eigenvalue weighted by molar-refractivity contribution is 6.30. The second kappa shape index (κ2) is 11.3. The number of piperazine rings is 1. The van der Waals surface area contributed by atoms with Crippen molar-refractivity contribution in [3.63, 3.8) is 0 Å². The first-order valence-electron chi connectivity index (χ1n) is 12.8. The quantitative estimate of drug-likeness (QED) is 0.540. The highest BCUT2D eigenvalue weighted by Crippen LogP contribution is 2.28. The lowest BCUT2D eigenvalue weighted by Crippen LogP contribution is -2.62. The fraction of sp³-hybridized carbons (Fsp3) is 0.571. The lowest BCUT2D eigenvalue weighted by atomic mass is 9.94. The minimum Gasteiger partial charge on any atom is -0.459 e. The molecule has 0 aliphatic carbocycles. The molecular formula is C28H39ClN4O2. The summed E-state index contributed by atoms with van der Waals surface area (Å²) in [5.74, 6) is 0.922. The van der Waals surface area contributed by atoms with Gasteiger partial charge in [0.2, 0.25) is 0 Å². The lowest BCUT2D eigenvalue weighted by Gasteiger charge is -2.50. The largest absolute Gasteiger partial charge is 0.459 e. The smallest absolute Gasteiger partial charge is 0.320 e. The van der Waals surface area contributed by atoms with Crippen molar-refractivity contribution in [2.45, 2.75) is 70.7 Å². The van der Waals surface area contributed by atoms with E-state index in [0.29, 0.717) is 18.6 Å². The molecule has 190 valence electrons. The fourth-order valence-corrected chi connectivity index (χ4v) is 5.50. The van der Waals surface area contributed by atoms with Gasteiger partial charge in [0, 0.05) is 55.5 Å². The van der Waals surface area contributed by atoms with Crippen molar-refractivity contribution in [1.82, 2.24) is 14.8 Å². The molecule has 2 fully saturated rings. The van der Waals surface area contributed by atoms with Crippen LogP contribution in [0.3, 0.4) is 0 Å². The van der Waals surface area contributed by atoms with Crippen LogP contribution in [0.2, 0.25) is 5.02 Å². The topological polar surface area (TPSA) is 48.9 Å². The number of halogens is 1. The summed E-state index contributed by atoms with van der Waals surface area (Å²) in [5.41, 5.74) is 0.814. The molecule has 2 aromatic rings. The molecule has 2 aliphatic heterocycles. The van der Waals surface area contributed by atoms with Crippen molar-refractivity contribution in [2.24, 2.45) is 0 Å². The summed E-state index contributed by atoms with van der Waals surface area (Å²) in [4.78, 5) is 24.6. The third-order valence-corrected chi connectivity index (χ3v) is 7.31. The van der Waals surface area contributed by atoms with Gasteiger partial charge in [-0.25, -0.2) is 4.98 Å². The predicted molar refractivity (Wildman–Crippen MR) is 142 cm³/mol. The molecule has 2 atom stereocenters. The van der Waals surface area contributed by atoms with Crippen molar-refractivity contribution >= 4 is 23.4 Å². The first-order valence-corrected chi connectivity index (χ1v) is 13.2. The van der Waals surface area contributed by atoms with E-state index in [-0.39, 0.29) is 12.0 Å². The monoisotopic (exact) mass is 498 g/mol. The van der Waals surface area contributed by atoms with Gasteiger partial charge in [0.25, 0.3) is 0 Å². The third kappa shape index (κ3) is 7.18. The molecule has 2 aliphatic rings. The van der Waals surface area contributed by atoms with E-state index in [1.807, 2.05) is 45.2 Å². The Kier molecular flexibility index (Phi) is 8.35. The average molecular weight is 499 g/mol. The van der Waals surface area contributed by atoms with Crippen LogP contribution in [0, 0.1) is 0 Å². The fourth-order valence-electron chi connectivity index (χ4n) is 5.37. The Labute approximate surface area is 215 Å². The highest BCUT2D eigenvalue weighted by Gasteiger charge is 2.38. The molecule has 6 nitrogen and oxygen atoms in total. The number of carbonyl (C=O) groups excluding carboxylic acids is 1. The number of nitrogens with zero attached hydrogens (tertiary/aromatic N) is 4. The second-order valence-corrected chi connectivity index (χ2v) is 11.4. The van der Waals surface area contributed by atoms with Crippen LogP contribution in [0.5, 0.6) is 0 Å². The van der Waals surface area contributed by atoms with Gasteiger partial charge in [0.1, 0.15) is 11.4 Å². The number of rotatable bonds is 6. The molecule has 7 heteroatoms. The molecule has 0 spiro atoms. The standard InChI is InChI=1S/C28H39ClN4O2/c1-21-18-33(24-12-15-31(16-13-24)26-7-5-6-14-30-26)25(17-22-8-10-23(29)11-9-22)19-32(21)20-27(34)35-28(2,3)4/h5-11,14,21,24-25H,12-13,15-20H2,1-4H3/t21-,25-/m0/s1. The predicted octanol–water partition coefficient (Wildman–Crippen LogP) is 4.66. The number of esters is 1. The number of benzene rings is 1. The number of carbonyl (C=O) groups is 1. The van der Waals surface area contributed by atoms with Crippen molar-refractivity contribution in [1.29, 1.82) is 0 Å². The Bertz CT molecular complexity index is 955. The Morgan fingerprint density at radius 1 is 1.09 bits per heavy atom. The van der Waals surface area contributed by atoms with Gasteiger partial charge >= 0.3 is 5.97 Å². The maximum atomic E-state index is 12.6. The first-order chi connectivity index (χ1) is 16.7. The van der Waals surface area contributed by atoms with E-state index in [0.717, 1.165) is 56.3 Å². The van der Waals surface area contributed by atoms with Crippen LogP contribution in [-0.2, 0) is 16.0 Å². The molecule has 1 aromatic heterocycles. The number of aromatic nitrogens is 1. The van der Waals surface area contributed by atoms with E-state index in [4.69, 9.17) is 16.3 Å². The summed E-state index contributed by atoms with van der Waals surface area (Å²) in [7, 11) is 0. The van der Waals surface area contributed by atoms with E-state index >= 15 is 0 Å². The SMILES string of the molecule is C[C@H]1CN(C2CCN(c3ccccn3)CC2)[C@@H](Cc2ccc(Cl)cc2)CN1CC(=O)OC(C)(C)C. The van der Waals surface area contributed by atoms with Crippen molar-refractivity contribution in [2.75, 3.05) is 37.6 Å². The van der Waals surface area contributed by atoms with Crippen LogP contribution in [0.1, 0.15) is 46.1 Å². The second-order valence-electron chi connectivity index (χ2n) is 11.0. The van der Waals surface area contributed by atoms with Gasteiger partial charge in [-0.15, -0.1) is 0 Å². The average Bonchev–Trinajstić information content (AvgIpc) is 2.82. The van der Waals surface area contributed by atoms with E-state index in [9.17, 15) is 4.79 Å². The summed E-state index contributed by atoms with van der Waals surface area (Å²) in [6, 6.07) is 15.5. The zero-order valence-electron chi connectivity index (χ0n) is 21.5. The van der Waals surface area contributed by atoms with E-state index in [2.05, 4.69) is 50.9 Å². The van der Waals surface area contributed by atoms with Crippen LogP contribution < -0.4 is 4.90 Å². The first kappa shape index (κ1) is 25.9. The summed E-state index contributed by atoms with van der Waals surface area (Å²) < 4.78 is 5.63. The number of ether oxygens (including phenoxy) is 1. The minimum atomic E-state index is -0.466. The number of hydrogen-bond acceptors (Lipinski definition) is 6. The summed E-state index contributed by atoms with van der Waals surface area (Å²) in [6.45, 7) is 12.2. The lowest BCUT2D eigenvalue weighted by molar-refractivity contribution is -0.158. The normalized spacial score (nSPS) is 22.8. The zero-order chi connectivity index (χ0) is 25.0.